The van der Waals surface area contributed by atoms with Gasteiger partial charge in [-0.05, 0) is 47.9 Å². The molecule has 0 amide bonds. The maximum absolute atomic E-state index is 4.61. The first-order chi connectivity index (χ1) is 9.84. The summed E-state index contributed by atoms with van der Waals surface area (Å²) < 4.78 is 0. The van der Waals surface area contributed by atoms with Gasteiger partial charge < -0.3 is 5.32 Å². The summed E-state index contributed by atoms with van der Waals surface area (Å²) in [6.45, 7) is 13.6. The van der Waals surface area contributed by atoms with Crippen LogP contribution in [-0.2, 0) is 6.54 Å². The van der Waals surface area contributed by atoms with Crippen LogP contribution in [0.1, 0.15) is 39.0 Å². The van der Waals surface area contributed by atoms with E-state index >= 15 is 0 Å². The number of aromatic nitrogens is 1. The molecule has 1 aromatic carbocycles. The Morgan fingerprint density at radius 3 is 2.43 bits per heavy atom. The van der Waals surface area contributed by atoms with Crippen molar-refractivity contribution in [2.45, 2.75) is 41.2 Å². The predicted molar refractivity (Wildman–Crippen MR) is 89.2 cm³/mol. The first kappa shape index (κ1) is 14.5. The average Bonchev–Trinajstić information content (AvgIpc) is 2.80. The highest BCUT2D eigenvalue weighted by atomic mass is 14.9. The Bertz CT molecular complexity index is 656. The van der Waals surface area contributed by atoms with Crippen LogP contribution in [0.4, 0.5) is 0 Å². The fraction of sp³-hybridized carbons (Fsp3) is 0.526. The molecule has 0 saturated heterocycles. The van der Waals surface area contributed by atoms with Crippen molar-refractivity contribution in [1.29, 1.82) is 0 Å². The Hall–Kier alpha value is -1.41. The SMILES string of the molecule is Cc1cc(CNCC2C(C)(C)C2(C)C)c2ccccc2n1. The summed E-state index contributed by atoms with van der Waals surface area (Å²) in [5, 5.41) is 4.93. The molecule has 2 aromatic rings. The van der Waals surface area contributed by atoms with Crippen LogP contribution in [0.3, 0.4) is 0 Å². The second kappa shape index (κ2) is 4.81. The Labute approximate surface area is 128 Å². The van der Waals surface area contributed by atoms with E-state index in [2.05, 4.69) is 75.3 Å². The topological polar surface area (TPSA) is 24.9 Å². The number of fused-ring (bicyclic) bond motifs is 1. The Morgan fingerprint density at radius 1 is 1.10 bits per heavy atom. The summed E-state index contributed by atoms with van der Waals surface area (Å²) in [4.78, 5) is 4.61. The molecule has 0 bridgehead atoms. The van der Waals surface area contributed by atoms with E-state index in [1.54, 1.807) is 0 Å². The molecular weight excluding hydrogens is 256 g/mol. The molecule has 21 heavy (non-hydrogen) atoms. The third-order valence-corrected chi connectivity index (χ3v) is 5.91. The standard InChI is InChI=1S/C19H26N2/c1-13-10-14(15-8-6-7-9-16(15)21-13)11-20-12-17-18(2,3)19(17,4)5/h6-10,17,20H,11-12H2,1-5H3. The van der Waals surface area contributed by atoms with Crippen molar-refractivity contribution in [3.8, 4) is 0 Å². The lowest BCUT2D eigenvalue weighted by molar-refractivity contribution is 0.457. The molecule has 1 N–H and O–H groups in total. The molecule has 0 aliphatic heterocycles. The molecule has 0 atom stereocenters. The molecule has 2 nitrogen and oxygen atoms in total. The van der Waals surface area contributed by atoms with Crippen LogP contribution >= 0.6 is 0 Å². The number of nitrogens with one attached hydrogen (secondary N) is 1. The normalized spacial score (nSPS) is 19.9. The average molecular weight is 282 g/mol. The lowest BCUT2D eigenvalue weighted by Crippen LogP contribution is -2.19. The molecule has 1 saturated carbocycles. The molecule has 0 spiro atoms. The van der Waals surface area contributed by atoms with Gasteiger partial charge in [0.1, 0.15) is 0 Å². The fourth-order valence-electron chi connectivity index (χ4n) is 3.74. The lowest BCUT2D eigenvalue weighted by Gasteiger charge is -2.10. The molecule has 0 unspecified atom stereocenters. The smallest absolute Gasteiger partial charge is 0.0708 e. The first-order valence-corrected chi connectivity index (χ1v) is 7.90. The monoisotopic (exact) mass is 282 g/mol. The molecule has 1 fully saturated rings. The van der Waals surface area contributed by atoms with Gasteiger partial charge in [-0.3, -0.25) is 4.98 Å². The summed E-state index contributed by atoms with van der Waals surface area (Å²) in [5.41, 5.74) is 4.46. The van der Waals surface area contributed by atoms with Crippen molar-refractivity contribution >= 4 is 10.9 Å². The number of rotatable bonds is 4. The van der Waals surface area contributed by atoms with Gasteiger partial charge in [0.05, 0.1) is 5.52 Å². The summed E-state index contributed by atoms with van der Waals surface area (Å²) >= 11 is 0. The van der Waals surface area contributed by atoms with Crippen LogP contribution < -0.4 is 5.32 Å². The fourth-order valence-corrected chi connectivity index (χ4v) is 3.74. The van der Waals surface area contributed by atoms with Gasteiger partial charge in [-0.25, -0.2) is 0 Å². The van der Waals surface area contributed by atoms with Crippen LogP contribution in [0.15, 0.2) is 30.3 Å². The minimum Gasteiger partial charge on any atom is -0.312 e. The van der Waals surface area contributed by atoms with Crippen molar-refractivity contribution < 1.29 is 0 Å². The van der Waals surface area contributed by atoms with E-state index < -0.39 is 0 Å². The van der Waals surface area contributed by atoms with Crippen LogP contribution in [-0.4, -0.2) is 11.5 Å². The number of pyridine rings is 1. The molecule has 1 aliphatic rings. The minimum absolute atomic E-state index is 0.455. The van der Waals surface area contributed by atoms with Gasteiger partial charge in [-0.2, -0.15) is 0 Å². The van der Waals surface area contributed by atoms with E-state index in [0.29, 0.717) is 10.8 Å². The van der Waals surface area contributed by atoms with E-state index in [-0.39, 0.29) is 0 Å². The quantitative estimate of drug-likeness (QED) is 0.903. The summed E-state index contributed by atoms with van der Waals surface area (Å²) in [7, 11) is 0. The zero-order valence-electron chi connectivity index (χ0n) is 13.8. The highest BCUT2D eigenvalue weighted by Crippen LogP contribution is 2.67. The maximum atomic E-state index is 4.61. The van der Waals surface area contributed by atoms with Gasteiger partial charge >= 0.3 is 0 Å². The Morgan fingerprint density at radius 2 is 1.76 bits per heavy atom. The van der Waals surface area contributed by atoms with E-state index in [0.717, 1.165) is 30.2 Å². The van der Waals surface area contributed by atoms with E-state index in [4.69, 9.17) is 0 Å². The zero-order valence-corrected chi connectivity index (χ0v) is 13.8. The Balaban J connectivity index is 1.72. The lowest BCUT2D eigenvalue weighted by atomic mass is 10.0. The number of nitrogens with zero attached hydrogens (tertiary/aromatic N) is 1. The number of aryl methyl sites for hydroxylation is 1. The van der Waals surface area contributed by atoms with Crippen molar-refractivity contribution in [3.05, 3.63) is 41.6 Å². The van der Waals surface area contributed by atoms with Gasteiger partial charge in [0, 0.05) is 17.6 Å². The predicted octanol–water partition coefficient (Wildman–Crippen LogP) is 4.32. The number of hydrogen-bond donors (Lipinski definition) is 1. The van der Waals surface area contributed by atoms with Gasteiger partial charge in [0.15, 0.2) is 0 Å². The highest BCUT2D eigenvalue weighted by Gasteiger charge is 2.63. The zero-order chi connectivity index (χ0) is 15.3. The second-order valence-electron chi connectivity index (χ2n) is 7.57. The molecule has 112 valence electrons. The third-order valence-electron chi connectivity index (χ3n) is 5.91. The molecule has 0 radical (unpaired) electrons. The number of para-hydroxylation sites is 1. The molecule has 3 rings (SSSR count). The summed E-state index contributed by atoms with van der Waals surface area (Å²) in [6.07, 6.45) is 0. The molecule has 1 aromatic heterocycles. The summed E-state index contributed by atoms with van der Waals surface area (Å²) in [6, 6.07) is 10.6. The van der Waals surface area contributed by atoms with Crippen LogP contribution in [0, 0.1) is 23.7 Å². The number of benzene rings is 1. The van der Waals surface area contributed by atoms with Gasteiger partial charge in [0.2, 0.25) is 0 Å². The summed E-state index contributed by atoms with van der Waals surface area (Å²) in [5.74, 6) is 0.763. The van der Waals surface area contributed by atoms with Crippen molar-refractivity contribution in [2.24, 2.45) is 16.7 Å². The van der Waals surface area contributed by atoms with E-state index in [9.17, 15) is 0 Å². The van der Waals surface area contributed by atoms with Crippen LogP contribution in [0.5, 0.6) is 0 Å². The second-order valence-corrected chi connectivity index (χ2v) is 7.57. The van der Waals surface area contributed by atoms with Crippen LogP contribution in [0.2, 0.25) is 0 Å². The van der Waals surface area contributed by atoms with Crippen molar-refractivity contribution in [3.63, 3.8) is 0 Å². The first-order valence-electron chi connectivity index (χ1n) is 7.90. The van der Waals surface area contributed by atoms with Crippen molar-refractivity contribution in [2.75, 3.05) is 6.54 Å². The maximum Gasteiger partial charge on any atom is 0.0708 e. The number of hydrogen-bond acceptors (Lipinski definition) is 2. The van der Waals surface area contributed by atoms with Crippen molar-refractivity contribution in [1.82, 2.24) is 10.3 Å². The third kappa shape index (κ3) is 2.36. The van der Waals surface area contributed by atoms with Crippen LogP contribution in [0.25, 0.3) is 10.9 Å². The Kier molecular flexibility index (Phi) is 3.32. The molecule has 1 aliphatic carbocycles. The van der Waals surface area contributed by atoms with E-state index in [1.807, 2.05) is 0 Å². The molecule has 1 heterocycles. The van der Waals surface area contributed by atoms with Gasteiger partial charge in [0.25, 0.3) is 0 Å². The molecule has 2 heteroatoms. The molecular formula is C19H26N2. The van der Waals surface area contributed by atoms with Gasteiger partial charge in [-0.1, -0.05) is 45.9 Å². The largest absolute Gasteiger partial charge is 0.312 e. The highest BCUT2D eigenvalue weighted by molar-refractivity contribution is 5.82. The minimum atomic E-state index is 0.455. The van der Waals surface area contributed by atoms with E-state index in [1.165, 1.54) is 10.9 Å². The van der Waals surface area contributed by atoms with Gasteiger partial charge in [-0.15, -0.1) is 0 Å².